The van der Waals surface area contributed by atoms with E-state index in [1.807, 2.05) is 11.8 Å². The number of thioether (sulfide) groups is 1. The summed E-state index contributed by atoms with van der Waals surface area (Å²) in [7, 11) is 0. The highest BCUT2D eigenvalue weighted by atomic mass is 32.2. The number of aromatic nitrogens is 2. The molecule has 3 nitrogen and oxygen atoms in total. The first-order valence-corrected chi connectivity index (χ1v) is 6.45. The summed E-state index contributed by atoms with van der Waals surface area (Å²) in [6.07, 6.45) is 9.76. The van der Waals surface area contributed by atoms with Gasteiger partial charge >= 0.3 is 0 Å². The van der Waals surface area contributed by atoms with Gasteiger partial charge in [0, 0.05) is 29.0 Å². The summed E-state index contributed by atoms with van der Waals surface area (Å²) in [6.45, 7) is 0. The van der Waals surface area contributed by atoms with Crippen LogP contribution in [0.15, 0.2) is 18.7 Å². The predicted octanol–water partition coefficient (Wildman–Crippen LogP) is 2.19. The number of rotatable bonds is 4. The molecule has 1 aliphatic carbocycles. The van der Waals surface area contributed by atoms with Crippen LogP contribution in [0.4, 0.5) is 0 Å². The standard InChI is InChI=1S/C11H16N2OS/c14-11(9-5-12-8-13-6-9)7-15-10-3-1-2-4-10/h5-6,8,10-11,14H,1-4,7H2. The molecule has 82 valence electrons. The molecule has 1 aromatic heterocycles. The van der Waals surface area contributed by atoms with Crippen molar-refractivity contribution >= 4 is 11.8 Å². The molecule has 1 fully saturated rings. The van der Waals surface area contributed by atoms with Crippen molar-refractivity contribution in [1.82, 2.24) is 9.97 Å². The van der Waals surface area contributed by atoms with E-state index in [4.69, 9.17) is 0 Å². The molecule has 1 unspecified atom stereocenters. The van der Waals surface area contributed by atoms with E-state index in [0.717, 1.165) is 16.6 Å². The lowest BCUT2D eigenvalue weighted by Crippen LogP contribution is -2.05. The van der Waals surface area contributed by atoms with E-state index in [1.165, 1.54) is 32.0 Å². The molecule has 1 aromatic rings. The van der Waals surface area contributed by atoms with Gasteiger partial charge in [-0.1, -0.05) is 12.8 Å². The summed E-state index contributed by atoms with van der Waals surface area (Å²) in [5, 5.41) is 10.6. The molecule has 0 aliphatic heterocycles. The summed E-state index contributed by atoms with van der Waals surface area (Å²) in [6, 6.07) is 0. The van der Waals surface area contributed by atoms with Crippen LogP contribution in [0.3, 0.4) is 0 Å². The summed E-state index contributed by atoms with van der Waals surface area (Å²) in [4.78, 5) is 7.81. The molecule has 1 saturated carbocycles. The fraction of sp³-hybridized carbons (Fsp3) is 0.636. The zero-order chi connectivity index (χ0) is 10.5. The molecule has 0 aromatic carbocycles. The minimum Gasteiger partial charge on any atom is -0.387 e. The van der Waals surface area contributed by atoms with Gasteiger partial charge in [-0.15, -0.1) is 0 Å². The van der Waals surface area contributed by atoms with Crippen LogP contribution in [0.1, 0.15) is 37.4 Å². The summed E-state index contributed by atoms with van der Waals surface area (Å²) in [5.41, 5.74) is 0.822. The van der Waals surface area contributed by atoms with Crippen LogP contribution in [-0.2, 0) is 0 Å². The monoisotopic (exact) mass is 224 g/mol. The molecule has 2 rings (SSSR count). The number of aliphatic hydroxyl groups excluding tert-OH is 1. The van der Waals surface area contributed by atoms with Crippen molar-refractivity contribution in [3.8, 4) is 0 Å². The second kappa shape index (κ2) is 5.47. The minimum absolute atomic E-state index is 0.420. The topological polar surface area (TPSA) is 46.0 Å². The molecule has 0 spiro atoms. The smallest absolute Gasteiger partial charge is 0.115 e. The van der Waals surface area contributed by atoms with E-state index < -0.39 is 6.10 Å². The van der Waals surface area contributed by atoms with Crippen molar-refractivity contribution in [1.29, 1.82) is 0 Å². The van der Waals surface area contributed by atoms with Crippen molar-refractivity contribution in [2.75, 3.05) is 5.75 Å². The largest absolute Gasteiger partial charge is 0.387 e. The Labute approximate surface area is 94.3 Å². The van der Waals surface area contributed by atoms with Gasteiger partial charge in [-0.05, 0) is 12.8 Å². The Bertz CT molecular complexity index is 288. The lowest BCUT2D eigenvalue weighted by atomic mass is 10.2. The molecule has 1 atom stereocenters. The number of nitrogens with zero attached hydrogens (tertiary/aromatic N) is 2. The molecule has 0 bridgehead atoms. The van der Waals surface area contributed by atoms with E-state index in [0.29, 0.717) is 0 Å². The molecule has 0 saturated heterocycles. The highest BCUT2D eigenvalue weighted by Gasteiger charge is 2.17. The van der Waals surface area contributed by atoms with E-state index >= 15 is 0 Å². The Balaban J connectivity index is 1.79. The normalized spacial score (nSPS) is 19.3. The number of hydrogen-bond acceptors (Lipinski definition) is 4. The Kier molecular flexibility index (Phi) is 3.97. The Morgan fingerprint density at radius 1 is 1.33 bits per heavy atom. The van der Waals surface area contributed by atoms with Gasteiger partial charge in [0.25, 0.3) is 0 Å². The quantitative estimate of drug-likeness (QED) is 0.851. The fourth-order valence-corrected chi connectivity index (χ4v) is 3.17. The zero-order valence-electron chi connectivity index (χ0n) is 8.67. The zero-order valence-corrected chi connectivity index (χ0v) is 9.49. The van der Waals surface area contributed by atoms with Gasteiger partial charge in [0.05, 0.1) is 6.10 Å². The van der Waals surface area contributed by atoms with Crippen molar-refractivity contribution < 1.29 is 5.11 Å². The van der Waals surface area contributed by atoms with Gasteiger partial charge in [-0.2, -0.15) is 11.8 Å². The van der Waals surface area contributed by atoms with E-state index in [9.17, 15) is 5.11 Å². The van der Waals surface area contributed by atoms with Crippen LogP contribution in [0.5, 0.6) is 0 Å². The first-order chi connectivity index (χ1) is 7.36. The lowest BCUT2D eigenvalue weighted by molar-refractivity contribution is 0.203. The van der Waals surface area contributed by atoms with Gasteiger partial charge in [0.2, 0.25) is 0 Å². The third-order valence-corrected chi connectivity index (χ3v) is 4.21. The highest BCUT2D eigenvalue weighted by molar-refractivity contribution is 7.99. The second-order valence-electron chi connectivity index (χ2n) is 3.93. The summed E-state index contributed by atoms with van der Waals surface area (Å²) < 4.78 is 0. The first kappa shape index (κ1) is 10.9. The van der Waals surface area contributed by atoms with Gasteiger partial charge in [-0.3, -0.25) is 0 Å². The van der Waals surface area contributed by atoms with Crippen LogP contribution < -0.4 is 0 Å². The molecule has 1 N–H and O–H groups in total. The van der Waals surface area contributed by atoms with Gasteiger partial charge in [-0.25, -0.2) is 9.97 Å². The molecular formula is C11H16N2OS. The first-order valence-electron chi connectivity index (χ1n) is 5.41. The van der Waals surface area contributed by atoms with Crippen LogP contribution in [-0.4, -0.2) is 26.1 Å². The second-order valence-corrected chi connectivity index (χ2v) is 5.26. The van der Waals surface area contributed by atoms with E-state index in [1.54, 1.807) is 12.4 Å². The maximum atomic E-state index is 9.88. The summed E-state index contributed by atoms with van der Waals surface area (Å²) >= 11 is 1.88. The van der Waals surface area contributed by atoms with E-state index in [2.05, 4.69) is 9.97 Å². The van der Waals surface area contributed by atoms with Crippen molar-refractivity contribution in [3.63, 3.8) is 0 Å². The molecular weight excluding hydrogens is 208 g/mol. The summed E-state index contributed by atoms with van der Waals surface area (Å²) in [5.74, 6) is 0.762. The SMILES string of the molecule is OC(CSC1CCCC1)c1cncnc1. The van der Waals surface area contributed by atoms with Crippen LogP contribution >= 0.6 is 11.8 Å². The van der Waals surface area contributed by atoms with Crippen LogP contribution in [0.25, 0.3) is 0 Å². The Morgan fingerprint density at radius 2 is 2.00 bits per heavy atom. The van der Waals surface area contributed by atoms with Gasteiger partial charge in [0.1, 0.15) is 6.33 Å². The average molecular weight is 224 g/mol. The van der Waals surface area contributed by atoms with Crippen molar-refractivity contribution in [2.45, 2.75) is 37.0 Å². The van der Waals surface area contributed by atoms with Crippen molar-refractivity contribution in [2.24, 2.45) is 0 Å². The molecule has 0 radical (unpaired) electrons. The molecule has 15 heavy (non-hydrogen) atoms. The fourth-order valence-electron chi connectivity index (χ4n) is 1.86. The maximum Gasteiger partial charge on any atom is 0.115 e. The van der Waals surface area contributed by atoms with Crippen LogP contribution in [0.2, 0.25) is 0 Å². The predicted molar refractivity (Wildman–Crippen MR) is 61.7 cm³/mol. The molecule has 1 heterocycles. The minimum atomic E-state index is -0.420. The van der Waals surface area contributed by atoms with Gasteiger partial charge in [0.15, 0.2) is 0 Å². The highest BCUT2D eigenvalue weighted by Crippen LogP contribution is 2.31. The lowest BCUT2D eigenvalue weighted by Gasteiger charge is -2.13. The molecule has 0 amide bonds. The molecule has 4 heteroatoms. The average Bonchev–Trinajstić information content (AvgIpc) is 2.80. The Hall–Kier alpha value is -0.610. The van der Waals surface area contributed by atoms with Crippen molar-refractivity contribution in [3.05, 3.63) is 24.3 Å². The third kappa shape index (κ3) is 3.18. The Morgan fingerprint density at radius 3 is 2.67 bits per heavy atom. The number of aliphatic hydroxyl groups is 1. The number of hydrogen-bond donors (Lipinski definition) is 1. The van der Waals surface area contributed by atoms with E-state index in [-0.39, 0.29) is 0 Å². The maximum absolute atomic E-state index is 9.88. The van der Waals surface area contributed by atoms with Crippen LogP contribution in [0, 0.1) is 0 Å². The molecule has 1 aliphatic rings. The van der Waals surface area contributed by atoms with Gasteiger partial charge < -0.3 is 5.11 Å². The third-order valence-electron chi connectivity index (χ3n) is 2.76.